The van der Waals surface area contributed by atoms with Crippen LogP contribution in [0.25, 0.3) is 0 Å². The number of alkyl halides is 3. The van der Waals surface area contributed by atoms with E-state index in [1.807, 2.05) is 6.92 Å². The topological polar surface area (TPSA) is 106 Å². The molecule has 0 heterocycles. The molecule has 8 nitrogen and oxygen atoms in total. The third kappa shape index (κ3) is 20.3. The summed E-state index contributed by atoms with van der Waals surface area (Å²) in [5.41, 5.74) is 0.0104. The van der Waals surface area contributed by atoms with Gasteiger partial charge in [-0.05, 0) is 38.0 Å². The summed E-state index contributed by atoms with van der Waals surface area (Å²) in [6, 6.07) is 0. The lowest BCUT2D eigenvalue weighted by Gasteiger charge is -2.27. The monoisotopic (exact) mass is 564 g/mol. The largest absolute Gasteiger partial charge is 0.471 e. The molecule has 0 spiro atoms. The average Bonchev–Trinajstić information content (AvgIpc) is 2.77. The molecule has 0 aliphatic carbocycles. The second kappa shape index (κ2) is 18.5. The Labute approximate surface area is 220 Å². The van der Waals surface area contributed by atoms with Crippen LogP contribution in [0, 0.1) is 11.3 Å². The fourth-order valence-electron chi connectivity index (χ4n) is 3.07. The maximum atomic E-state index is 12.1. The quantitative estimate of drug-likeness (QED) is 0.110. The Morgan fingerprint density at radius 2 is 1.53 bits per heavy atom. The summed E-state index contributed by atoms with van der Waals surface area (Å²) in [6.45, 7) is 12.0. The number of nitrogens with one attached hydrogen (secondary N) is 2. The predicted molar refractivity (Wildman–Crippen MR) is 138 cm³/mol. The van der Waals surface area contributed by atoms with E-state index in [1.165, 1.54) is 0 Å². The maximum Gasteiger partial charge on any atom is 0.471 e. The van der Waals surface area contributed by atoms with Crippen molar-refractivity contribution >= 4 is 33.4 Å². The summed E-state index contributed by atoms with van der Waals surface area (Å²) in [5.74, 6) is -1.25. The summed E-state index contributed by atoms with van der Waals surface area (Å²) in [7, 11) is 3.31. The van der Waals surface area contributed by atoms with Gasteiger partial charge in [0.25, 0.3) is 0 Å². The van der Waals surface area contributed by atoms with Crippen molar-refractivity contribution < 1.29 is 42.1 Å². The molecule has 13 heteroatoms. The minimum absolute atomic E-state index is 0.0104. The first-order valence-electron chi connectivity index (χ1n) is 11.9. The van der Waals surface area contributed by atoms with Gasteiger partial charge in [-0.3, -0.25) is 9.59 Å². The van der Waals surface area contributed by atoms with Gasteiger partial charge in [0.15, 0.2) is 0 Å². The number of hydrogen-bond acceptors (Lipinski definition) is 8. The van der Waals surface area contributed by atoms with E-state index in [0.717, 1.165) is 6.42 Å². The highest BCUT2D eigenvalue weighted by Gasteiger charge is 2.38. The minimum Gasteiger partial charge on any atom is -0.396 e. The molecule has 0 saturated heterocycles. The van der Waals surface area contributed by atoms with Crippen LogP contribution in [0.15, 0.2) is 0 Å². The van der Waals surface area contributed by atoms with Gasteiger partial charge in [-0.25, -0.2) is 0 Å². The molecule has 1 unspecified atom stereocenters. The number of hydrogen-bond donors (Lipinski definition) is 3. The van der Waals surface area contributed by atoms with Crippen molar-refractivity contribution in [2.24, 2.45) is 11.3 Å². The Morgan fingerprint density at radius 1 is 0.944 bits per heavy atom. The van der Waals surface area contributed by atoms with Crippen molar-refractivity contribution in [3.05, 3.63) is 0 Å². The van der Waals surface area contributed by atoms with Crippen LogP contribution in [-0.4, -0.2) is 86.5 Å². The molecule has 0 fully saturated rings. The molecule has 3 N–H and O–H groups in total. The van der Waals surface area contributed by atoms with Gasteiger partial charge < -0.3 is 30.0 Å². The van der Waals surface area contributed by atoms with Gasteiger partial charge in [-0.2, -0.15) is 13.2 Å². The molecule has 1 atom stereocenters. The van der Waals surface area contributed by atoms with Crippen LogP contribution in [0.5, 0.6) is 0 Å². The molecule has 0 saturated carbocycles. The van der Waals surface area contributed by atoms with Gasteiger partial charge >= 0.3 is 12.1 Å². The van der Waals surface area contributed by atoms with Gasteiger partial charge in [-0.15, -0.1) is 0 Å². The van der Waals surface area contributed by atoms with E-state index in [1.54, 1.807) is 26.9 Å². The predicted octanol–water partition coefficient (Wildman–Crippen LogP) is 3.77. The molecule has 0 aliphatic heterocycles. The lowest BCUT2D eigenvalue weighted by atomic mass is 9.84. The summed E-state index contributed by atoms with van der Waals surface area (Å²) >= 11 is 0. The second-order valence-electron chi connectivity index (χ2n) is 9.91. The Hall–Kier alpha value is -0.730. The van der Waals surface area contributed by atoms with Crippen LogP contribution >= 0.6 is 21.6 Å². The first-order chi connectivity index (χ1) is 16.7. The van der Waals surface area contributed by atoms with E-state index in [-0.39, 0.29) is 55.0 Å². The van der Waals surface area contributed by atoms with Gasteiger partial charge in [0, 0.05) is 30.9 Å². The molecule has 36 heavy (non-hydrogen) atoms. The smallest absolute Gasteiger partial charge is 0.396 e. The third-order valence-electron chi connectivity index (χ3n) is 4.81. The highest BCUT2D eigenvalue weighted by molar-refractivity contribution is 8.77. The third-order valence-corrected chi connectivity index (χ3v) is 7.84. The first kappa shape index (κ1) is 35.3. The Balaban J connectivity index is 3.72. The molecule has 2 amide bonds. The van der Waals surface area contributed by atoms with Gasteiger partial charge in [0.05, 0.1) is 33.0 Å². The Bertz CT molecular complexity index is 625. The van der Waals surface area contributed by atoms with Crippen molar-refractivity contribution in [3.8, 4) is 0 Å². The minimum atomic E-state index is -4.89. The summed E-state index contributed by atoms with van der Waals surface area (Å²) in [6.07, 6.45) is -2.90. The molecular weight excluding hydrogens is 521 g/mol. The first-order valence-corrected chi connectivity index (χ1v) is 14.3. The van der Waals surface area contributed by atoms with Crippen LogP contribution in [0.2, 0.25) is 0 Å². The van der Waals surface area contributed by atoms with Crippen molar-refractivity contribution in [3.63, 3.8) is 0 Å². The lowest BCUT2D eigenvalue weighted by Crippen LogP contribution is -2.38. The van der Waals surface area contributed by atoms with Crippen LogP contribution < -0.4 is 10.6 Å². The molecule has 0 aromatic rings. The zero-order valence-corrected chi connectivity index (χ0v) is 23.6. The van der Waals surface area contributed by atoms with E-state index < -0.39 is 12.1 Å². The molecule has 0 aliphatic rings. The SMILES string of the molecule is CC(CO)CC(C)(C)COCSSC(C)(C)CCC(=O)NCCOCCOCCNC(=O)C(F)(F)F. The van der Waals surface area contributed by atoms with Gasteiger partial charge in [0.2, 0.25) is 5.91 Å². The van der Waals surface area contributed by atoms with Crippen molar-refractivity contribution in [1.29, 1.82) is 0 Å². The summed E-state index contributed by atoms with van der Waals surface area (Å²) in [5, 5.41) is 13.7. The Morgan fingerprint density at radius 3 is 2.08 bits per heavy atom. The second-order valence-corrected chi connectivity index (χ2v) is 12.9. The average molecular weight is 565 g/mol. The number of aliphatic hydroxyl groups is 1. The molecule has 214 valence electrons. The van der Waals surface area contributed by atoms with E-state index in [4.69, 9.17) is 14.2 Å². The summed E-state index contributed by atoms with van der Waals surface area (Å²) in [4.78, 5) is 22.7. The highest BCUT2D eigenvalue weighted by atomic mass is 33.1. The molecular formula is C23H43F3N2O6S2. The summed E-state index contributed by atoms with van der Waals surface area (Å²) < 4.78 is 52.0. The van der Waals surface area contributed by atoms with Crippen molar-refractivity contribution in [1.82, 2.24) is 10.6 Å². The number of aliphatic hydroxyl groups excluding tert-OH is 1. The van der Waals surface area contributed by atoms with E-state index in [0.29, 0.717) is 38.5 Å². The standard InChI is InChI=1S/C23H43F3N2O6S2/c1-18(15-29)14-21(2,3)16-34-17-35-36-22(4,5)7-6-19(30)27-8-10-32-12-13-33-11-9-28-20(31)23(24,25)26/h18,29H,6-17H2,1-5H3,(H,27,30)(H,28,31). The van der Waals surface area contributed by atoms with Crippen LogP contribution in [0.4, 0.5) is 13.2 Å². The fourth-order valence-corrected chi connectivity index (χ4v) is 5.33. The van der Waals surface area contributed by atoms with Crippen molar-refractivity contribution in [2.45, 2.75) is 64.8 Å². The number of carbonyl (C=O) groups is 2. The molecule has 0 aromatic heterocycles. The van der Waals surface area contributed by atoms with Crippen LogP contribution in [0.3, 0.4) is 0 Å². The van der Waals surface area contributed by atoms with E-state index in [9.17, 15) is 27.9 Å². The van der Waals surface area contributed by atoms with Gasteiger partial charge in [-0.1, -0.05) is 42.4 Å². The zero-order chi connectivity index (χ0) is 27.7. The zero-order valence-electron chi connectivity index (χ0n) is 22.0. The lowest BCUT2D eigenvalue weighted by molar-refractivity contribution is -0.173. The highest BCUT2D eigenvalue weighted by Crippen LogP contribution is 2.39. The van der Waals surface area contributed by atoms with E-state index in [2.05, 4.69) is 33.0 Å². The molecule has 0 aromatic carbocycles. The van der Waals surface area contributed by atoms with Crippen LogP contribution in [-0.2, 0) is 23.8 Å². The number of rotatable bonds is 21. The van der Waals surface area contributed by atoms with Gasteiger partial charge in [0.1, 0.15) is 5.94 Å². The number of ether oxygens (including phenoxy) is 3. The number of carbonyl (C=O) groups excluding carboxylic acids is 2. The number of halogens is 3. The fraction of sp³-hybridized carbons (Fsp3) is 0.913. The number of amides is 2. The van der Waals surface area contributed by atoms with Crippen LogP contribution in [0.1, 0.15) is 53.9 Å². The normalized spacial score (nSPS) is 13.5. The molecule has 0 radical (unpaired) electrons. The molecule has 0 rings (SSSR count). The maximum absolute atomic E-state index is 12.1. The van der Waals surface area contributed by atoms with E-state index >= 15 is 0 Å². The molecule has 0 bridgehead atoms. The Kier molecular flexibility index (Phi) is 18.1. The van der Waals surface area contributed by atoms with Crippen molar-refractivity contribution in [2.75, 3.05) is 58.7 Å².